The number of hydrogen-bond donors (Lipinski definition) is 2. The van der Waals surface area contributed by atoms with Crippen molar-refractivity contribution in [2.45, 2.75) is 12.8 Å². The van der Waals surface area contributed by atoms with Crippen molar-refractivity contribution in [1.82, 2.24) is 0 Å². The molecule has 1 aliphatic rings. The number of quaternary nitrogens is 1. The highest BCUT2D eigenvalue weighted by Gasteiger charge is 2.18. The lowest BCUT2D eigenvalue weighted by molar-refractivity contribution is -0.563. The molecule has 1 aromatic rings. The Morgan fingerprint density at radius 1 is 1.39 bits per heavy atom. The molecule has 2 rings (SSSR count). The third-order valence-electron chi connectivity index (χ3n) is 3.24. The van der Waals surface area contributed by atoms with Gasteiger partial charge in [-0.15, -0.1) is 24.0 Å². The fourth-order valence-electron chi connectivity index (χ4n) is 2.22. The number of likely N-dealkylation sites (N-methyl/N-ethyl adjacent to an activating group) is 1. The number of hydrogen-bond acceptors (Lipinski definition) is 5. The van der Waals surface area contributed by atoms with E-state index < -0.39 is 5.09 Å². The van der Waals surface area contributed by atoms with Crippen molar-refractivity contribution >= 4 is 47.0 Å². The maximum absolute atomic E-state index is 8.78. The molecule has 0 radical (unpaired) electrons. The topological polar surface area (TPSA) is 106 Å². The zero-order valence-corrected chi connectivity index (χ0v) is 15.9. The maximum Gasteiger partial charge on any atom is 0.136 e. The molecule has 3 N–H and O–H groups in total. The van der Waals surface area contributed by atoms with Crippen LogP contribution in [-0.4, -0.2) is 36.9 Å². The Balaban J connectivity index is 0.000000871. The molecule has 0 aliphatic carbocycles. The second-order valence-corrected chi connectivity index (χ2v) is 5.29. The molecule has 9 heteroatoms. The highest BCUT2D eigenvalue weighted by molar-refractivity contribution is 14.0. The maximum atomic E-state index is 8.78. The summed E-state index contributed by atoms with van der Waals surface area (Å²) in [6, 6.07) is 6.04. The van der Waals surface area contributed by atoms with Gasteiger partial charge in [-0.2, -0.15) is 0 Å². The van der Waals surface area contributed by atoms with E-state index in [1.807, 2.05) is 12.1 Å². The van der Waals surface area contributed by atoms with Crippen molar-refractivity contribution in [1.29, 1.82) is 0 Å². The summed E-state index contributed by atoms with van der Waals surface area (Å²) in [7, 11) is 2.08. The van der Waals surface area contributed by atoms with Crippen molar-refractivity contribution in [3.63, 3.8) is 0 Å². The summed E-state index contributed by atoms with van der Waals surface area (Å²) >= 11 is 6.05. The van der Waals surface area contributed by atoms with Crippen molar-refractivity contribution < 1.29 is 15.5 Å². The van der Waals surface area contributed by atoms with Crippen molar-refractivity contribution in [3.8, 4) is 0 Å². The highest BCUT2D eigenvalue weighted by Crippen LogP contribution is 2.29. The molecule has 7 nitrogen and oxygen atoms in total. The molecule has 0 unspecified atom stereocenters. The second-order valence-electron chi connectivity index (χ2n) is 4.85. The van der Waals surface area contributed by atoms with E-state index in [2.05, 4.69) is 29.4 Å². The Bertz CT molecular complexity index is 539. The van der Waals surface area contributed by atoms with Crippen LogP contribution in [0.3, 0.4) is 0 Å². The van der Waals surface area contributed by atoms with Gasteiger partial charge in [0, 0.05) is 25.2 Å². The molecule has 0 amide bonds. The van der Waals surface area contributed by atoms with Crippen LogP contribution >= 0.6 is 35.6 Å². The highest BCUT2D eigenvalue weighted by atomic mass is 127. The van der Waals surface area contributed by atoms with Crippen molar-refractivity contribution in [3.05, 3.63) is 50.2 Å². The van der Waals surface area contributed by atoms with Gasteiger partial charge in [-0.25, -0.2) is 0 Å². The lowest BCUT2D eigenvalue weighted by Gasteiger charge is -2.25. The first kappa shape index (κ1) is 21.9. The first-order valence-corrected chi connectivity index (χ1v) is 7.30. The zero-order valence-electron chi connectivity index (χ0n) is 12.8. The predicted octanol–water partition coefficient (Wildman–Crippen LogP) is 1.85. The number of aliphatic hydroxyl groups excluding tert-OH is 1. The molecule has 0 spiro atoms. The van der Waals surface area contributed by atoms with Gasteiger partial charge < -0.3 is 30.6 Å². The van der Waals surface area contributed by atoms with Gasteiger partial charge in [-0.05, 0) is 37.1 Å². The third-order valence-corrected chi connectivity index (χ3v) is 3.48. The summed E-state index contributed by atoms with van der Waals surface area (Å²) in [5, 5.41) is 26.6. The van der Waals surface area contributed by atoms with E-state index in [-0.39, 0.29) is 30.6 Å². The van der Waals surface area contributed by atoms with Gasteiger partial charge >= 0.3 is 0 Å². The van der Waals surface area contributed by atoms with E-state index in [0.29, 0.717) is 0 Å². The van der Waals surface area contributed by atoms with Crippen molar-refractivity contribution in [2.75, 3.05) is 31.6 Å². The van der Waals surface area contributed by atoms with Gasteiger partial charge in [0.15, 0.2) is 0 Å². The second kappa shape index (κ2) is 11.4. The first-order chi connectivity index (χ1) is 10.5. The normalized spacial score (nSPS) is 12.3. The summed E-state index contributed by atoms with van der Waals surface area (Å²) in [5.74, 6) is 0. The van der Waals surface area contributed by atoms with Gasteiger partial charge in [-0.1, -0.05) is 11.6 Å². The SMILES string of the molecule is CN1CC=C([NH2+]CCCCO)c2ccc(Cl)cc21.I.O=[N+]([O-])[O-]. The number of aliphatic hydroxyl groups is 1. The Hall–Kier alpha value is -1.10. The van der Waals surface area contributed by atoms with Gasteiger partial charge in [0.25, 0.3) is 0 Å². The fourth-order valence-corrected chi connectivity index (χ4v) is 2.38. The van der Waals surface area contributed by atoms with E-state index in [9.17, 15) is 0 Å². The van der Waals surface area contributed by atoms with Crippen LogP contribution in [0.2, 0.25) is 5.02 Å². The number of benzene rings is 1. The molecule has 130 valence electrons. The van der Waals surface area contributed by atoms with E-state index in [1.54, 1.807) is 0 Å². The minimum atomic E-state index is -1.75. The average molecular weight is 458 g/mol. The number of anilines is 1. The van der Waals surface area contributed by atoms with E-state index in [4.69, 9.17) is 32.0 Å². The smallest absolute Gasteiger partial charge is 0.136 e. The van der Waals surface area contributed by atoms with Crippen LogP contribution in [0.15, 0.2) is 24.3 Å². The Labute approximate surface area is 157 Å². The molecule has 0 bridgehead atoms. The zero-order chi connectivity index (χ0) is 16.5. The largest absolute Gasteiger partial charge is 0.396 e. The van der Waals surface area contributed by atoms with E-state index in [1.165, 1.54) is 16.9 Å². The lowest BCUT2D eigenvalue weighted by Crippen LogP contribution is -2.81. The summed E-state index contributed by atoms with van der Waals surface area (Å²) in [6.45, 7) is 2.21. The summed E-state index contributed by atoms with van der Waals surface area (Å²) < 4.78 is 0. The van der Waals surface area contributed by atoms with E-state index in [0.717, 1.165) is 31.0 Å². The predicted molar refractivity (Wildman–Crippen MR) is 102 cm³/mol. The van der Waals surface area contributed by atoms with Crippen LogP contribution in [0.4, 0.5) is 5.69 Å². The molecule has 0 saturated carbocycles. The minimum absolute atomic E-state index is 0. The van der Waals surface area contributed by atoms with Crippen LogP contribution in [0, 0.1) is 15.3 Å². The third kappa shape index (κ3) is 7.82. The molecular formula is C14H21ClIN3O4. The quantitative estimate of drug-likeness (QED) is 0.304. The Kier molecular flexibility index (Phi) is 10.9. The summed E-state index contributed by atoms with van der Waals surface area (Å²) in [4.78, 5) is 10.5. The first-order valence-electron chi connectivity index (χ1n) is 6.92. The van der Waals surface area contributed by atoms with E-state index >= 15 is 0 Å². The Morgan fingerprint density at radius 3 is 2.65 bits per heavy atom. The van der Waals surface area contributed by atoms with Gasteiger partial charge in [0.05, 0.1) is 22.9 Å². The van der Waals surface area contributed by atoms with Gasteiger partial charge in [-0.3, -0.25) is 0 Å². The number of halogens is 2. The molecular weight excluding hydrogens is 437 g/mol. The molecule has 1 aromatic carbocycles. The molecule has 23 heavy (non-hydrogen) atoms. The van der Waals surface area contributed by atoms with Gasteiger partial charge in [0.1, 0.15) is 5.70 Å². The average Bonchev–Trinajstić information content (AvgIpc) is 2.45. The van der Waals surface area contributed by atoms with Gasteiger partial charge in [0.2, 0.25) is 0 Å². The molecule has 0 fully saturated rings. The Morgan fingerprint density at radius 2 is 2.04 bits per heavy atom. The number of nitrogens with two attached hydrogens (primary N) is 1. The number of nitrogens with zero attached hydrogens (tertiary/aromatic N) is 2. The molecule has 1 heterocycles. The molecule has 0 saturated heterocycles. The number of fused-ring (bicyclic) bond motifs is 1. The van der Waals surface area contributed by atoms with Crippen molar-refractivity contribution in [2.24, 2.45) is 0 Å². The van der Waals surface area contributed by atoms with Crippen LogP contribution in [-0.2, 0) is 0 Å². The van der Waals surface area contributed by atoms with Crippen LogP contribution in [0.25, 0.3) is 5.70 Å². The number of unbranched alkanes of at least 4 members (excludes halogenated alkanes) is 1. The standard InChI is InChI=1S/C14H19ClN2O.HI.NO3/c1-17-8-6-13(16-7-2-3-9-18)12-5-4-11(15)10-14(12)17;;2-1(3)4/h4-6,10,16,18H,2-3,7-9H2,1H3;1H;/q;;-1/p+1. The monoisotopic (exact) mass is 457 g/mol. The summed E-state index contributed by atoms with van der Waals surface area (Å²) in [5.41, 5.74) is 3.73. The minimum Gasteiger partial charge on any atom is -0.396 e. The number of rotatable bonds is 5. The lowest BCUT2D eigenvalue weighted by atomic mass is 10.0. The fraction of sp³-hybridized carbons (Fsp3) is 0.429. The molecule has 0 aromatic heterocycles. The molecule has 0 atom stereocenters. The van der Waals surface area contributed by atoms with Crippen LogP contribution in [0.5, 0.6) is 0 Å². The van der Waals surface area contributed by atoms with Crippen LogP contribution in [0.1, 0.15) is 18.4 Å². The van der Waals surface area contributed by atoms with Crippen LogP contribution < -0.4 is 10.2 Å². The summed E-state index contributed by atoms with van der Waals surface area (Å²) in [6.07, 6.45) is 4.15. The molecule has 1 aliphatic heterocycles.